The molecule has 0 aliphatic carbocycles. The molecule has 0 fully saturated rings. The smallest absolute Gasteiger partial charge is 0.233 e. The number of nitrogens with one attached hydrogen (secondary N) is 2. The van der Waals surface area contributed by atoms with E-state index < -0.39 is 10.0 Å². The highest BCUT2D eigenvalue weighted by Crippen LogP contribution is 2.18. The Morgan fingerprint density at radius 3 is 2.44 bits per heavy atom. The van der Waals surface area contributed by atoms with Crippen LogP contribution in [-0.4, -0.2) is 19.2 Å². The van der Waals surface area contributed by atoms with Crippen LogP contribution in [-0.2, 0) is 16.4 Å². The third-order valence-corrected chi connectivity index (χ3v) is 5.20. The van der Waals surface area contributed by atoms with Gasteiger partial charge in [0.25, 0.3) is 0 Å². The molecule has 27 heavy (non-hydrogen) atoms. The number of hydrogen-bond acceptors (Lipinski definition) is 4. The van der Waals surface area contributed by atoms with Gasteiger partial charge in [0.2, 0.25) is 10.0 Å². The van der Waals surface area contributed by atoms with Crippen LogP contribution >= 0.6 is 0 Å². The maximum absolute atomic E-state index is 13.2. The summed E-state index contributed by atoms with van der Waals surface area (Å²) >= 11 is 0. The first-order valence-corrected chi connectivity index (χ1v) is 10.2. The second kappa shape index (κ2) is 8.64. The Labute approximate surface area is 158 Å². The number of halogens is 1. The summed E-state index contributed by atoms with van der Waals surface area (Å²) in [5.74, 6) is -0.0697. The fourth-order valence-electron chi connectivity index (χ4n) is 2.58. The Bertz CT molecular complexity index is 978. The molecule has 3 rings (SSSR count). The Morgan fingerprint density at radius 1 is 0.926 bits per heavy atom. The molecular formula is C20H20FN3O2S. The van der Waals surface area contributed by atoms with Gasteiger partial charge in [-0.1, -0.05) is 36.4 Å². The van der Waals surface area contributed by atoms with Gasteiger partial charge in [-0.3, -0.25) is 4.72 Å². The normalized spacial score (nSPS) is 11.1. The highest BCUT2D eigenvalue weighted by Gasteiger charge is 2.11. The lowest BCUT2D eigenvalue weighted by molar-refractivity contribution is 0.598. The number of benzene rings is 2. The van der Waals surface area contributed by atoms with E-state index in [1.54, 1.807) is 24.3 Å². The second-order valence-electron chi connectivity index (χ2n) is 6.08. The Morgan fingerprint density at radius 2 is 1.74 bits per heavy atom. The minimum absolute atomic E-state index is 0.0207. The average Bonchev–Trinajstić information content (AvgIpc) is 2.64. The van der Waals surface area contributed by atoms with E-state index in [1.165, 1.54) is 18.3 Å². The molecule has 7 heteroatoms. The molecular weight excluding hydrogens is 365 g/mol. The topological polar surface area (TPSA) is 71.1 Å². The fraction of sp³-hybridized carbons (Fsp3) is 0.150. The zero-order valence-corrected chi connectivity index (χ0v) is 15.4. The molecule has 140 valence electrons. The van der Waals surface area contributed by atoms with Gasteiger partial charge < -0.3 is 5.32 Å². The van der Waals surface area contributed by atoms with Crippen LogP contribution in [0.4, 0.5) is 21.6 Å². The van der Waals surface area contributed by atoms with Crippen molar-refractivity contribution in [3.05, 3.63) is 84.3 Å². The average molecular weight is 385 g/mol. The quantitative estimate of drug-likeness (QED) is 0.605. The summed E-state index contributed by atoms with van der Waals surface area (Å²) in [4.78, 5) is 4.10. The van der Waals surface area contributed by atoms with Crippen molar-refractivity contribution in [1.29, 1.82) is 0 Å². The number of rotatable bonds is 8. The van der Waals surface area contributed by atoms with Crippen molar-refractivity contribution in [3.63, 3.8) is 0 Å². The predicted octanol–water partition coefficient (Wildman–Crippen LogP) is 4.34. The van der Waals surface area contributed by atoms with Gasteiger partial charge in [0.15, 0.2) is 0 Å². The van der Waals surface area contributed by atoms with E-state index in [9.17, 15) is 12.8 Å². The minimum Gasteiger partial charge on any atom is -0.354 e. The Kier molecular flexibility index (Phi) is 6.03. The van der Waals surface area contributed by atoms with Crippen LogP contribution in [0.2, 0.25) is 0 Å². The van der Waals surface area contributed by atoms with Gasteiger partial charge in [0.05, 0.1) is 17.6 Å². The summed E-state index contributed by atoms with van der Waals surface area (Å²) in [7, 11) is -3.46. The number of sulfonamides is 1. The van der Waals surface area contributed by atoms with Gasteiger partial charge in [-0.15, -0.1) is 0 Å². The SMILES string of the molecule is O=S(=O)(CCCc1ccccc1)Nc1ccc(Nc2cccc(F)c2)cn1. The van der Waals surface area contributed by atoms with Crippen molar-refractivity contribution in [2.24, 2.45) is 0 Å². The van der Waals surface area contributed by atoms with E-state index in [-0.39, 0.29) is 17.4 Å². The number of aromatic nitrogens is 1. The Hall–Kier alpha value is -2.93. The van der Waals surface area contributed by atoms with Crippen molar-refractivity contribution in [1.82, 2.24) is 4.98 Å². The number of aryl methyl sites for hydroxylation is 1. The van der Waals surface area contributed by atoms with E-state index in [4.69, 9.17) is 0 Å². The van der Waals surface area contributed by atoms with Crippen LogP contribution in [0.5, 0.6) is 0 Å². The lowest BCUT2D eigenvalue weighted by Crippen LogP contribution is -2.17. The van der Waals surface area contributed by atoms with E-state index in [1.807, 2.05) is 30.3 Å². The molecule has 0 unspecified atom stereocenters. The van der Waals surface area contributed by atoms with Crippen molar-refractivity contribution in [2.45, 2.75) is 12.8 Å². The zero-order chi connectivity index (χ0) is 19.1. The summed E-state index contributed by atoms with van der Waals surface area (Å²) in [6, 6.07) is 19.1. The van der Waals surface area contributed by atoms with Gasteiger partial charge in [-0.05, 0) is 48.7 Å². The van der Waals surface area contributed by atoms with Crippen LogP contribution in [0, 0.1) is 5.82 Å². The van der Waals surface area contributed by atoms with E-state index >= 15 is 0 Å². The first-order chi connectivity index (χ1) is 13.0. The predicted molar refractivity (Wildman–Crippen MR) is 106 cm³/mol. The van der Waals surface area contributed by atoms with Crippen LogP contribution in [0.15, 0.2) is 72.9 Å². The molecule has 2 N–H and O–H groups in total. The molecule has 0 radical (unpaired) electrons. The van der Waals surface area contributed by atoms with Crippen LogP contribution in [0.3, 0.4) is 0 Å². The monoisotopic (exact) mass is 385 g/mol. The summed E-state index contributed by atoms with van der Waals surface area (Å²) in [5.41, 5.74) is 2.33. The van der Waals surface area contributed by atoms with E-state index in [2.05, 4.69) is 15.0 Å². The van der Waals surface area contributed by atoms with Crippen molar-refractivity contribution >= 4 is 27.2 Å². The van der Waals surface area contributed by atoms with Gasteiger partial charge in [-0.2, -0.15) is 0 Å². The Balaban J connectivity index is 1.53. The van der Waals surface area contributed by atoms with Gasteiger partial charge >= 0.3 is 0 Å². The number of hydrogen-bond donors (Lipinski definition) is 2. The number of anilines is 3. The van der Waals surface area contributed by atoms with Crippen molar-refractivity contribution in [2.75, 3.05) is 15.8 Å². The highest BCUT2D eigenvalue weighted by molar-refractivity contribution is 7.92. The number of pyridine rings is 1. The molecule has 0 amide bonds. The molecule has 3 aromatic rings. The van der Waals surface area contributed by atoms with Gasteiger partial charge in [-0.25, -0.2) is 17.8 Å². The minimum atomic E-state index is -3.46. The molecule has 2 aromatic carbocycles. The largest absolute Gasteiger partial charge is 0.354 e. The van der Waals surface area contributed by atoms with E-state index in [0.29, 0.717) is 24.2 Å². The third-order valence-electron chi connectivity index (χ3n) is 3.86. The van der Waals surface area contributed by atoms with Crippen LogP contribution in [0.25, 0.3) is 0 Å². The molecule has 0 bridgehead atoms. The maximum atomic E-state index is 13.2. The highest BCUT2D eigenvalue weighted by atomic mass is 32.2. The molecule has 5 nitrogen and oxygen atoms in total. The number of nitrogens with zero attached hydrogens (tertiary/aromatic N) is 1. The molecule has 0 saturated heterocycles. The molecule has 0 saturated carbocycles. The summed E-state index contributed by atoms with van der Waals surface area (Å²) in [6.07, 6.45) is 2.72. The fourth-order valence-corrected chi connectivity index (χ4v) is 3.65. The van der Waals surface area contributed by atoms with Crippen LogP contribution < -0.4 is 10.0 Å². The molecule has 1 heterocycles. The molecule has 1 aromatic heterocycles. The first-order valence-electron chi connectivity index (χ1n) is 8.53. The molecule has 0 aliphatic heterocycles. The summed E-state index contributed by atoms with van der Waals surface area (Å²) in [5, 5.41) is 3.01. The lowest BCUT2D eigenvalue weighted by atomic mass is 10.1. The molecule has 0 aliphatic rings. The van der Waals surface area contributed by atoms with Crippen LogP contribution in [0.1, 0.15) is 12.0 Å². The zero-order valence-electron chi connectivity index (χ0n) is 14.6. The molecule has 0 spiro atoms. The summed E-state index contributed by atoms with van der Waals surface area (Å²) < 4.78 is 40.1. The maximum Gasteiger partial charge on any atom is 0.233 e. The summed E-state index contributed by atoms with van der Waals surface area (Å²) in [6.45, 7) is 0. The standard InChI is InChI=1S/C20H20FN3O2S/c21-17-9-4-10-18(14-17)23-19-11-12-20(22-15-19)24-27(25,26)13-5-8-16-6-2-1-3-7-16/h1-4,6-7,9-12,14-15,23H,5,8,13H2,(H,22,24). The van der Waals surface area contributed by atoms with E-state index in [0.717, 1.165) is 5.56 Å². The third kappa shape index (κ3) is 6.07. The van der Waals surface area contributed by atoms with Crippen molar-refractivity contribution in [3.8, 4) is 0 Å². The van der Waals surface area contributed by atoms with Crippen molar-refractivity contribution < 1.29 is 12.8 Å². The first kappa shape index (κ1) is 18.8. The molecule has 0 atom stereocenters. The van der Waals surface area contributed by atoms with Gasteiger partial charge in [0.1, 0.15) is 11.6 Å². The lowest BCUT2D eigenvalue weighted by Gasteiger charge is -2.09. The second-order valence-corrected chi connectivity index (χ2v) is 7.92. The van der Waals surface area contributed by atoms with Gasteiger partial charge in [0, 0.05) is 5.69 Å².